The summed E-state index contributed by atoms with van der Waals surface area (Å²) in [5.74, 6) is 0.676. The third kappa shape index (κ3) is 2.93. The van der Waals surface area contributed by atoms with Crippen LogP contribution < -0.4 is 5.56 Å². The van der Waals surface area contributed by atoms with Crippen LogP contribution in [0.15, 0.2) is 33.6 Å². The average molecular weight is 366 g/mol. The van der Waals surface area contributed by atoms with Crippen LogP contribution in [0.2, 0.25) is 0 Å². The third-order valence-corrected chi connectivity index (χ3v) is 5.30. The molecular formula is C20H22N4O3. The van der Waals surface area contributed by atoms with E-state index in [1.54, 1.807) is 6.92 Å². The zero-order valence-corrected chi connectivity index (χ0v) is 15.7. The highest BCUT2D eigenvalue weighted by Gasteiger charge is 2.34. The van der Waals surface area contributed by atoms with Gasteiger partial charge in [0.2, 0.25) is 5.91 Å². The number of fused-ring (bicyclic) bond motifs is 1. The summed E-state index contributed by atoms with van der Waals surface area (Å²) in [4.78, 5) is 32.0. The predicted octanol–water partition coefficient (Wildman–Crippen LogP) is 2.67. The lowest BCUT2D eigenvalue weighted by molar-refractivity contribution is -0.132. The van der Waals surface area contributed by atoms with Gasteiger partial charge in [-0.05, 0) is 45.7 Å². The van der Waals surface area contributed by atoms with Gasteiger partial charge >= 0.3 is 0 Å². The van der Waals surface area contributed by atoms with Gasteiger partial charge in [-0.1, -0.05) is 17.3 Å². The Bertz CT molecular complexity index is 1060. The number of amides is 1. The summed E-state index contributed by atoms with van der Waals surface area (Å²) in [5.41, 5.74) is 3.37. The Morgan fingerprint density at radius 2 is 2.00 bits per heavy atom. The van der Waals surface area contributed by atoms with E-state index in [0.29, 0.717) is 23.3 Å². The molecule has 1 saturated heterocycles. The molecule has 1 fully saturated rings. The third-order valence-electron chi connectivity index (χ3n) is 5.30. The normalized spacial score (nSPS) is 17.0. The Labute approximate surface area is 156 Å². The number of benzene rings is 1. The van der Waals surface area contributed by atoms with Crippen LogP contribution in [0.5, 0.6) is 0 Å². The van der Waals surface area contributed by atoms with Crippen LogP contribution in [0, 0.1) is 20.8 Å². The second-order valence-corrected chi connectivity index (χ2v) is 7.06. The van der Waals surface area contributed by atoms with Crippen molar-refractivity contribution in [3.8, 4) is 0 Å². The number of aromatic nitrogens is 3. The van der Waals surface area contributed by atoms with E-state index < -0.39 is 0 Å². The molecule has 1 atom stereocenters. The van der Waals surface area contributed by atoms with E-state index in [9.17, 15) is 9.59 Å². The molecule has 2 aromatic heterocycles. The molecule has 1 amide bonds. The monoisotopic (exact) mass is 366 g/mol. The van der Waals surface area contributed by atoms with E-state index in [-0.39, 0.29) is 24.1 Å². The fourth-order valence-electron chi connectivity index (χ4n) is 4.03. The molecule has 0 saturated carbocycles. The maximum Gasteiger partial charge on any atom is 0.272 e. The van der Waals surface area contributed by atoms with Gasteiger partial charge in [0.05, 0.1) is 22.8 Å². The summed E-state index contributed by atoms with van der Waals surface area (Å²) >= 11 is 0. The van der Waals surface area contributed by atoms with Crippen molar-refractivity contribution in [3.05, 3.63) is 57.3 Å². The maximum absolute atomic E-state index is 13.1. The van der Waals surface area contributed by atoms with Gasteiger partial charge in [0.1, 0.15) is 18.0 Å². The predicted molar refractivity (Wildman–Crippen MR) is 100 cm³/mol. The number of aryl methyl sites for hydroxylation is 3. The molecular weight excluding hydrogens is 344 g/mol. The van der Waals surface area contributed by atoms with Gasteiger partial charge in [-0.15, -0.1) is 0 Å². The average Bonchev–Trinajstić information content (AvgIpc) is 3.25. The molecule has 7 heteroatoms. The highest BCUT2D eigenvalue weighted by molar-refractivity contribution is 5.80. The number of rotatable bonds is 3. The fraction of sp³-hybridized carbons (Fsp3) is 0.400. The van der Waals surface area contributed by atoms with Gasteiger partial charge in [-0.25, -0.2) is 4.98 Å². The van der Waals surface area contributed by atoms with Crippen molar-refractivity contribution in [1.82, 2.24) is 19.6 Å². The molecule has 27 heavy (non-hydrogen) atoms. The molecule has 1 aromatic carbocycles. The van der Waals surface area contributed by atoms with Crippen molar-refractivity contribution < 1.29 is 9.32 Å². The van der Waals surface area contributed by atoms with Crippen LogP contribution in [-0.4, -0.2) is 32.1 Å². The zero-order chi connectivity index (χ0) is 19.1. The van der Waals surface area contributed by atoms with Crippen LogP contribution in [0.25, 0.3) is 11.0 Å². The summed E-state index contributed by atoms with van der Waals surface area (Å²) in [5, 5.41) is 4.03. The van der Waals surface area contributed by atoms with Crippen molar-refractivity contribution in [2.24, 2.45) is 0 Å². The molecule has 140 valence electrons. The molecule has 0 radical (unpaired) electrons. The fourth-order valence-corrected chi connectivity index (χ4v) is 4.03. The summed E-state index contributed by atoms with van der Waals surface area (Å²) < 4.78 is 6.83. The SMILES string of the molecule is Cc1noc(C)c1[C@H]1CCCN1C(=O)Cn1c(=O)c(C)nc2ccccc21. The first kappa shape index (κ1) is 17.5. The van der Waals surface area contributed by atoms with Crippen molar-refractivity contribution in [1.29, 1.82) is 0 Å². The molecule has 0 aliphatic carbocycles. The Kier molecular flexibility index (Phi) is 4.30. The lowest BCUT2D eigenvalue weighted by atomic mass is 10.0. The lowest BCUT2D eigenvalue weighted by Gasteiger charge is -2.25. The Morgan fingerprint density at radius 3 is 2.74 bits per heavy atom. The van der Waals surface area contributed by atoms with Crippen LogP contribution in [0.1, 0.15) is 41.6 Å². The van der Waals surface area contributed by atoms with Gasteiger partial charge in [0.25, 0.3) is 5.56 Å². The highest BCUT2D eigenvalue weighted by atomic mass is 16.5. The first-order chi connectivity index (χ1) is 13.0. The molecule has 1 aliphatic rings. The standard InChI is InChI=1S/C20H22N4O3/c1-12-19(14(3)27-22-12)17-9-6-10-23(17)18(25)11-24-16-8-5-4-7-15(16)21-13(2)20(24)26/h4-5,7-8,17H,6,9-11H2,1-3H3/t17-/m1/s1. The van der Waals surface area contributed by atoms with Gasteiger partial charge in [0, 0.05) is 12.1 Å². The summed E-state index contributed by atoms with van der Waals surface area (Å²) in [6.07, 6.45) is 1.80. The lowest BCUT2D eigenvalue weighted by Crippen LogP contribution is -2.37. The number of para-hydroxylation sites is 2. The molecule has 0 spiro atoms. The minimum atomic E-state index is -0.227. The number of hydrogen-bond acceptors (Lipinski definition) is 5. The Hall–Kier alpha value is -2.96. The van der Waals surface area contributed by atoms with Crippen molar-refractivity contribution >= 4 is 16.9 Å². The van der Waals surface area contributed by atoms with E-state index >= 15 is 0 Å². The number of nitrogens with zero attached hydrogens (tertiary/aromatic N) is 4. The van der Waals surface area contributed by atoms with Crippen molar-refractivity contribution in [2.45, 2.75) is 46.2 Å². The summed E-state index contributed by atoms with van der Waals surface area (Å²) in [6.45, 7) is 6.13. The van der Waals surface area contributed by atoms with Gasteiger partial charge in [0.15, 0.2) is 0 Å². The summed E-state index contributed by atoms with van der Waals surface area (Å²) in [6, 6.07) is 7.35. The quantitative estimate of drug-likeness (QED) is 0.712. The molecule has 7 nitrogen and oxygen atoms in total. The second kappa shape index (κ2) is 6.64. The van der Waals surface area contributed by atoms with Crippen LogP contribution in [0.3, 0.4) is 0 Å². The number of carbonyl (C=O) groups excluding carboxylic acids is 1. The second-order valence-electron chi connectivity index (χ2n) is 7.06. The maximum atomic E-state index is 13.1. The van der Waals surface area contributed by atoms with E-state index in [4.69, 9.17) is 4.52 Å². The van der Waals surface area contributed by atoms with Crippen molar-refractivity contribution in [2.75, 3.05) is 6.54 Å². The van der Waals surface area contributed by atoms with Crippen LogP contribution in [-0.2, 0) is 11.3 Å². The van der Waals surface area contributed by atoms with Gasteiger partial charge < -0.3 is 9.42 Å². The smallest absolute Gasteiger partial charge is 0.272 e. The molecule has 0 unspecified atom stereocenters. The minimum Gasteiger partial charge on any atom is -0.361 e. The molecule has 1 aliphatic heterocycles. The molecule has 3 aromatic rings. The summed E-state index contributed by atoms with van der Waals surface area (Å²) in [7, 11) is 0. The highest BCUT2D eigenvalue weighted by Crippen LogP contribution is 2.35. The molecule has 0 N–H and O–H groups in total. The van der Waals surface area contributed by atoms with Crippen LogP contribution in [0.4, 0.5) is 0 Å². The first-order valence-corrected chi connectivity index (χ1v) is 9.16. The van der Waals surface area contributed by atoms with Crippen molar-refractivity contribution in [3.63, 3.8) is 0 Å². The van der Waals surface area contributed by atoms with E-state index in [1.165, 1.54) is 4.57 Å². The minimum absolute atomic E-state index is 0.00256. The topological polar surface area (TPSA) is 81.2 Å². The molecule has 3 heterocycles. The van der Waals surface area contributed by atoms with Gasteiger partial charge in [-0.3, -0.25) is 14.2 Å². The van der Waals surface area contributed by atoms with E-state index in [0.717, 1.165) is 29.9 Å². The van der Waals surface area contributed by atoms with E-state index in [2.05, 4.69) is 10.1 Å². The largest absolute Gasteiger partial charge is 0.361 e. The molecule has 0 bridgehead atoms. The van der Waals surface area contributed by atoms with Gasteiger partial charge in [-0.2, -0.15) is 0 Å². The van der Waals surface area contributed by atoms with Crippen LogP contribution >= 0.6 is 0 Å². The Balaban J connectivity index is 1.70. The number of likely N-dealkylation sites (tertiary alicyclic amines) is 1. The zero-order valence-electron chi connectivity index (χ0n) is 15.7. The number of carbonyl (C=O) groups is 1. The Morgan fingerprint density at radius 1 is 1.22 bits per heavy atom. The number of hydrogen-bond donors (Lipinski definition) is 0. The molecule has 4 rings (SSSR count). The van der Waals surface area contributed by atoms with E-state index in [1.807, 2.05) is 43.0 Å². The first-order valence-electron chi connectivity index (χ1n) is 9.16.